The van der Waals surface area contributed by atoms with E-state index in [1.807, 2.05) is 44.4 Å². The van der Waals surface area contributed by atoms with E-state index in [0.717, 1.165) is 49.0 Å². The number of hydrogen-bond donors (Lipinski definition) is 1. The minimum absolute atomic E-state index is 0.209. The van der Waals surface area contributed by atoms with E-state index in [9.17, 15) is 4.79 Å². The number of ether oxygens (including phenoxy) is 2. The number of nitrogens with one attached hydrogen (secondary N) is 1. The van der Waals surface area contributed by atoms with Crippen LogP contribution in [0.5, 0.6) is 11.5 Å². The van der Waals surface area contributed by atoms with Gasteiger partial charge < -0.3 is 19.4 Å². The van der Waals surface area contributed by atoms with Gasteiger partial charge in [0.2, 0.25) is 0 Å². The summed E-state index contributed by atoms with van der Waals surface area (Å²) < 4.78 is 13.7. The van der Waals surface area contributed by atoms with Gasteiger partial charge in [-0.25, -0.2) is 4.98 Å². The zero-order valence-corrected chi connectivity index (χ0v) is 22.8. The summed E-state index contributed by atoms with van der Waals surface area (Å²) in [6.45, 7) is 1.58. The number of hydrogen-bond acceptors (Lipinski definition) is 5. The first-order valence-electron chi connectivity index (χ1n) is 9.96. The van der Waals surface area contributed by atoms with Crippen LogP contribution < -0.4 is 15.0 Å². The van der Waals surface area contributed by atoms with Gasteiger partial charge in [0.05, 0.1) is 32.8 Å². The molecular weight excluding hydrogens is 606 g/mol. The number of aromatic nitrogens is 2. The summed E-state index contributed by atoms with van der Waals surface area (Å²) in [6.07, 6.45) is 2.96. The minimum atomic E-state index is -0.209. The summed E-state index contributed by atoms with van der Waals surface area (Å²) in [5.74, 6) is 1.49. The molecule has 3 aromatic rings. The van der Waals surface area contributed by atoms with E-state index in [-0.39, 0.29) is 5.56 Å². The van der Waals surface area contributed by atoms with Gasteiger partial charge in [-0.1, -0.05) is 6.07 Å². The zero-order chi connectivity index (χ0) is 23.3. The summed E-state index contributed by atoms with van der Waals surface area (Å²) in [5.41, 5.74) is 2.72. The Balaban J connectivity index is 1.82. The fourth-order valence-corrected chi connectivity index (χ4v) is 5.13. The van der Waals surface area contributed by atoms with Crippen molar-refractivity contribution >= 4 is 47.8 Å². The highest BCUT2D eigenvalue weighted by atomic mass is 79.9. The molecule has 6 nitrogen and oxygen atoms in total. The highest BCUT2D eigenvalue weighted by molar-refractivity contribution is 9.11. The second-order valence-electron chi connectivity index (χ2n) is 7.48. The first-order valence-corrected chi connectivity index (χ1v) is 12.3. The van der Waals surface area contributed by atoms with Crippen molar-refractivity contribution in [1.29, 1.82) is 0 Å². The molecule has 0 aliphatic rings. The predicted molar refractivity (Wildman–Crippen MR) is 138 cm³/mol. The molecule has 32 heavy (non-hydrogen) atoms. The Morgan fingerprint density at radius 2 is 1.78 bits per heavy atom. The third kappa shape index (κ3) is 6.43. The molecule has 0 atom stereocenters. The van der Waals surface area contributed by atoms with Crippen LogP contribution >= 0.6 is 47.8 Å². The summed E-state index contributed by atoms with van der Waals surface area (Å²) in [5, 5.41) is 0. The lowest BCUT2D eigenvalue weighted by molar-refractivity contribution is 0.279. The van der Waals surface area contributed by atoms with Crippen LogP contribution in [-0.4, -0.2) is 49.2 Å². The molecule has 0 fully saturated rings. The largest absolute Gasteiger partial charge is 0.496 e. The standard InChI is InChI=1S/C23H24Br3N3O3/c1-29(2)7-4-8-32-22-17(25)11-15(12-18(22)26)20-13-27-23(30)19(28-20)10-14-5-6-21(31-3)16(24)9-14/h5-6,9,11-13H,4,7-8,10H2,1-3H3,(H,27,30). The van der Waals surface area contributed by atoms with Crippen molar-refractivity contribution in [1.82, 2.24) is 14.9 Å². The van der Waals surface area contributed by atoms with Crippen molar-refractivity contribution in [2.24, 2.45) is 0 Å². The normalized spacial score (nSPS) is 11.1. The number of nitrogens with zero attached hydrogens (tertiary/aromatic N) is 2. The zero-order valence-electron chi connectivity index (χ0n) is 18.0. The van der Waals surface area contributed by atoms with Gasteiger partial charge in [0.25, 0.3) is 5.56 Å². The van der Waals surface area contributed by atoms with E-state index >= 15 is 0 Å². The predicted octanol–water partition coefficient (Wildman–Crippen LogP) is 5.65. The summed E-state index contributed by atoms with van der Waals surface area (Å²) in [6, 6.07) is 9.61. The van der Waals surface area contributed by atoms with Crippen molar-refractivity contribution < 1.29 is 9.47 Å². The van der Waals surface area contributed by atoms with Gasteiger partial charge in [-0.15, -0.1) is 0 Å². The molecule has 0 aliphatic heterocycles. The molecule has 0 bridgehead atoms. The molecule has 3 rings (SSSR count). The van der Waals surface area contributed by atoms with E-state index in [0.29, 0.717) is 24.4 Å². The topological polar surface area (TPSA) is 67.5 Å². The maximum absolute atomic E-state index is 12.4. The van der Waals surface area contributed by atoms with E-state index in [4.69, 9.17) is 9.47 Å². The van der Waals surface area contributed by atoms with E-state index in [2.05, 4.69) is 62.7 Å². The van der Waals surface area contributed by atoms with Crippen LogP contribution in [0.1, 0.15) is 17.7 Å². The summed E-state index contributed by atoms with van der Waals surface area (Å²) >= 11 is 10.7. The second-order valence-corrected chi connectivity index (χ2v) is 10.0. The van der Waals surface area contributed by atoms with E-state index in [1.165, 1.54) is 0 Å². The molecule has 0 saturated heterocycles. The molecule has 170 valence electrons. The van der Waals surface area contributed by atoms with E-state index < -0.39 is 0 Å². The minimum Gasteiger partial charge on any atom is -0.496 e. The number of H-pyrrole nitrogens is 1. The van der Waals surface area contributed by atoms with Gasteiger partial charge in [0, 0.05) is 24.7 Å². The van der Waals surface area contributed by atoms with Crippen LogP contribution in [0.25, 0.3) is 11.3 Å². The Bertz CT molecular complexity index is 1130. The first-order chi connectivity index (χ1) is 15.3. The molecule has 2 aromatic carbocycles. The molecule has 0 aliphatic carbocycles. The molecular formula is C23H24Br3N3O3. The molecule has 0 saturated carbocycles. The number of halogens is 3. The van der Waals surface area contributed by atoms with Crippen LogP contribution in [0.2, 0.25) is 0 Å². The highest BCUT2D eigenvalue weighted by Gasteiger charge is 2.13. The van der Waals surface area contributed by atoms with Gasteiger partial charge in [0.1, 0.15) is 17.2 Å². The maximum atomic E-state index is 12.4. The number of benzene rings is 2. The highest BCUT2D eigenvalue weighted by Crippen LogP contribution is 2.37. The Hall–Kier alpha value is -1.68. The van der Waals surface area contributed by atoms with Crippen LogP contribution in [0.15, 0.2) is 54.7 Å². The summed E-state index contributed by atoms with van der Waals surface area (Å²) in [7, 11) is 5.70. The van der Waals surface area contributed by atoms with Gasteiger partial charge in [-0.05, 0) is 98.1 Å². The van der Waals surface area contributed by atoms with Crippen molar-refractivity contribution in [3.05, 3.63) is 71.6 Å². The van der Waals surface area contributed by atoms with Gasteiger partial charge in [0.15, 0.2) is 0 Å². The SMILES string of the molecule is COc1ccc(Cc2nc(-c3cc(Br)c(OCCCN(C)C)c(Br)c3)c[nH]c2=O)cc1Br. The molecule has 1 aromatic heterocycles. The van der Waals surface area contributed by atoms with Gasteiger partial charge in [-0.3, -0.25) is 4.79 Å². The van der Waals surface area contributed by atoms with Crippen LogP contribution in [-0.2, 0) is 6.42 Å². The Labute approximate surface area is 212 Å². The van der Waals surface area contributed by atoms with Gasteiger partial charge >= 0.3 is 0 Å². The van der Waals surface area contributed by atoms with Crippen molar-refractivity contribution in [2.75, 3.05) is 34.4 Å². The quantitative estimate of drug-likeness (QED) is 0.310. The Morgan fingerprint density at radius 3 is 2.41 bits per heavy atom. The monoisotopic (exact) mass is 627 g/mol. The third-order valence-corrected chi connectivity index (χ3v) is 6.53. The molecule has 0 unspecified atom stereocenters. The Morgan fingerprint density at radius 1 is 1.06 bits per heavy atom. The lowest BCUT2D eigenvalue weighted by atomic mass is 10.1. The smallest absolute Gasteiger partial charge is 0.270 e. The van der Waals surface area contributed by atoms with Gasteiger partial charge in [-0.2, -0.15) is 0 Å². The van der Waals surface area contributed by atoms with Crippen molar-refractivity contribution in [3.8, 4) is 22.8 Å². The number of aromatic amines is 1. The van der Waals surface area contributed by atoms with Crippen LogP contribution in [0.4, 0.5) is 0 Å². The Kier molecular flexibility index (Phi) is 8.93. The average molecular weight is 630 g/mol. The summed E-state index contributed by atoms with van der Waals surface area (Å²) in [4.78, 5) is 22.0. The lowest BCUT2D eigenvalue weighted by Crippen LogP contribution is -2.16. The van der Waals surface area contributed by atoms with Crippen LogP contribution in [0.3, 0.4) is 0 Å². The fourth-order valence-electron chi connectivity index (χ4n) is 3.13. The van der Waals surface area contributed by atoms with Crippen molar-refractivity contribution in [2.45, 2.75) is 12.8 Å². The lowest BCUT2D eigenvalue weighted by Gasteiger charge is -2.14. The van der Waals surface area contributed by atoms with Crippen LogP contribution in [0, 0.1) is 0 Å². The average Bonchev–Trinajstić information content (AvgIpc) is 2.74. The molecule has 0 amide bonds. The number of methoxy groups -OCH3 is 1. The molecule has 0 spiro atoms. The van der Waals surface area contributed by atoms with Crippen molar-refractivity contribution in [3.63, 3.8) is 0 Å². The van der Waals surface area contributed by atoms with E-state index in [1.54, 1.807) is 13.3 Å². The second kappa shape index (κ2) is 11.4. The molecule has 0 radical (unpaired) electrons. The molecule has 1 heterocycles. The molecule has 1 N–H and O–H groups in total. The third-order valence-electron chi connectivity index (χ3n) is 4.74. The number of rotatable bonds is 9. The molecule has 9 heteroatoms. The first kappa shape index (κ1) is 25.0. The fraction of sp³-hybridized carbons (Fsp3) is 0.304. The maximum Gasteiger partial charge on any atom is 0.270 e.